The fraction of sp³-hybridized carbons (Fsp3) is 0.538. The Labute approximate surface area is 127 Å². The molecule has 121 valence electrons. The highest BCUT2D eigenvalue weighted by Gasteiger charge is 2.65. The smallest absolute Gasteiger partial charge is 0.300 e. The van der Waals surface area contributed by atoms with E-state index in [-0.39, 0.29) is 12.6 Å². The van der Waals surface area contributed by atoms with Crippen LogP contribution in [0.3, 0.4) is 0 Å². The average Bonchev–Trinajstić information content (AvgIpc) is 3.08. The van der Waals surface area contributed by atoms with E-state index >= 15 is 0 Å². The number of nitrogens with zero attached hydrogens (tertiary/aromatic N) is 4. The Hall–Kier alpha value is -1.23. The number of methoxy groups -OCH3 is 1. The van der Waals surface area contributed by atoms with Crippen molar-refractivity contribution in [3.63, 3.8) is 0 Å². The molecule has 1 radical (unpaired) electrons. The van der Waals surface area contributed by atoms with Crippen molar-refractivity contribution in [1.29, 1.82) is 0 Å². The maximum Gasteiger partial charge on any atom is 0.489 e. The quantitative estimate of drug-likeness (QED) is 0.840. The highest BCUT2D eigenvalue weighted by molar-refractivity contribution is 5.08. The van der Waals surface area contributed by atoms with E-state index in [1.807, 2.05) is 0 Å². The molecule has 0 bridgehead atoms. The SMILES string of the molecule is CO[C]1N(Cc2cccnc2)NN(OC2CCCC2)[N+]1(F)F. The van der Waals surface area contributed by atoms with Crippen LogP contribution in [0.2, 0.25) is 0 Å². The molecule has 0 atom stereocenters. The minimum Gasteiger partial charge on any atom is -0.300 e. The van der Waals surface area contributed by atoms with Gasteiger partial charge in [0.25, 0.3) is 0 Å². The largest absolute Gasteiger partial charge is 0.489 e. The van der Waals surface area contributed by atoms with E-state index in [9.17, 15) is 8.96 Å². The number of pyridine rings is 1. The van der Waals surface area contributed by atoms with Crippen LogP contribution < -0.4 is 5.53 Å². The third kappa shape index (κ3) is 3.09. The number of nitrogens with one attached hydrogen (secondary N) is 1. The summed E-state index contributed by atoms with van der Waals surface area (Å²) in [5.74, 6) is 0. The summed E-state index contributed by atoms with van der Waals surface area (Å²) in [5.41, 5.74) is 3.31. The Balaban J connectivity index is 1.70. The molecule has 0 unspecified atom stereocenters. The zero-order valence-electron chi connectivity index (χ0n) is 12.3. The van der Waals surface area contributed by atoms with Gasteiger partial charge in [0.15, 0.2) is 5.28 Å². The first kappa shape index (κ1) is 15.7. The molecule has 1 N–H and O–H groups in total. The Morgan fingerprint density at radius 2 is 2.18 bits per heavy atom. The molecule has 1 saturated heterocycles. The third-order valence-electron chi connectivity index (χ3n) is 3.69. The first-order valence-corrected chi connectivity index (χ1v) is 7.21. The van der Waals surface area contributed by atoms with E-state index in [0.29, 0.717) is 5.28 Å². The summed E-state index contributed by atoms with van der Waals surface area (Å²) in [6.07, 6.45) is 6.04. The molecule has 1 aliphatic carbocycles. The van der Waals surface area contributed by atoms with E-state index < -0.39 is 11.4 Å². The summed E-state index contributed by atoms with van der Waals surface area (Å²) < 4.78 is 33.5. The molecule has 0 amide bonds. The average molecular weight is 315 g/mol. The fourth-order valence-corrected chi connectivity index (χ4v) is 2.64. The molecule has 1 aliphatic heterocycles. The molecule has 9 heteroatoms. The van der Waals surface area contributed by atoms with Crippen LogP contribution >= 0.6 is 0 Å². The predicted octanol–water partition coefficient (Wildman–Crippen LogP) is 2.09. The second-order valence-corrected chi connectivity index (χ2v) is 5.30. The summed E-state index contributed by atoms with van der Waals surface area (Å²) >= 11 is 0. The Bertz CT molecular complexity index is 487. The van der Waals surface area contributed by atoms with Gasteiger partial charge in [0.05, 0.1) is 21.6 Å². The van der Waals surface area contributed by atoms with Crippen LogP contribution in [0.4, 0.5) is 8.96 Å². The van der Waals surface area contributed by atoms with Crippen LogP contribution in [0.15, 0.2) is 24.5 Å². The molecular formula is C13H19F2N5O2+. The van der Waals surface area contributed by atoms with Crippen LogP contribution in [0, 0.1) is 6.35 Å². The van der Waals surface area contributed by atoms with Gasteiger partial charge in [-0.05, 0) is 24.5 Å². The summed E-state index contributed by atoms with van der Waals surface area (Å²) in [6, 6.07) is 3.55. The zero-order valence-corrected chi connectivity index (χ0v) is 12.3. The first-order chi connectivity index (χ1) is 10.6. The fourth-order valence-electron chi connectivity index (χ4n) is 2.64. The number of hydrogen-bond acceptors (Lipinski definition) is 6. The lowest BCUT2D eigenvalue weighted by Crippen LogP contribution is -2.49. The van der Waals surface area contributed by atoms with Gasteiger partial charge < -0.3 is 0 Å². The van der Waals surface area contributed by atoms with Crippen LogP contribution in [-0.2, 0) is 16.1 Å². The molecule has 2 aliphatic rings. The van der Waals surface area contributed by atoms with Gasteiger partial charge in [0.1, 0.15) is 0 Å². The van der Waals surface area contributed by atoms with Gasteiger partial charge in [0.2, 0.25) is 5.04 Å². The summed E-state index contributed by atoms with van der Waals surface area (Å²) in [4.78, 5) is 9.35. The van der Waals surface area contributed by atoms with Gasteiger partial charge in [-0.3, -0.25) is 9.72 Å². The van der Waals surface area contributed by atoms with Gasteiger partial charge in [-0.2, -0.15) is 0 Å². The lowest BCUT2D eigenvalue weighted by Gasteiger charge is -2.19. The normalized spacial score (nSPS) is 24.3. The van der Waals surface area contributed by atoms with Crippen LogP contribution in [0.1, 0.15) is 31.2 Å². The minimum atomic E-state index is -2.63. The van der Waals surface area contributed by atoms with Crippen molar-refractivity contribution < 1.29 is 23.6 Å². The maximum atomic E-state index is 14.3. The van der Waals surface area contributed by atoms with E-state index in [1.165, 1.54) is 12.1 Å². The van der Waals surface area contributed by atoms with Crippen LogP contribution in [0.5, 0.6) is 0 Å². The van der Waals surface area contributed by atoms with Crippen LogP contribution in [0.25, 0.3) is 0 Å². The lowest BCUT2D eigenvalue weighted by molar-refractivity contribution is -1.27. The van der Waals surface area contributed by atoms with Gasteiger partial charge in [-0.1, -0.05) is 18.9 Å². The molecule has 0 aromatic carbocycles. The number of quaternary nitrogens is 1. The molecule has 2 fully saturated rings. The van der Waals surface area contributed by atoms with E-state index in [1.54, 1.807) is 24.5 Å². The van der Waals surface area contributed by atoms with Crippen molar-refractivity contribution in [3.8, 4) is 0 Å². The van der Waals surface area contributed by atoms with Crippen molar-refractivity contribution in [3.05, 3.63) is 36.4 Å². The highest BCUT2D eigenvalue weighted by Crippen LogP contribution is 2.36. The molecule has 1 saturated carbocycles. The third-order valence-corrected chi connectivity index (χ3v) is 3.69. The van der Waals surface area contributed by atoms with Gasteiger partial charge >= 0.3 is 6.35 Å². The van der Waals surface area contributed by atoms with E-state index in [4.69, 9.17) is 9.57 Å². The maximum absolute atomic E-state index is 14.3. The molecule has 1 aromatic rings. The number of hydrogen-bond donors (Lipinski definition) is 1. The Kier molecular flexibility index (Phi) is 4.62. The van der Waals surface area contributed by atoms with Crippen molar-refractivity contribution in [2.45, 2.75) is 38.3 Å². The Morgan fingerprint density at radius 3 is 2.82 bits per heavy atom. The van der Waals surface area contributed by atoms with Crippen LogP contribution in [-0.4, -0.2) is 33.5 Å². The summed E-state index contributed by atoms with van der Waals surface area (Å²) in [7, 11) is 1.21. The first-order valence-electron chi connectivity index (χ1n) is 7.21. The van der Waals surface area contributed by atoms with Crippen molar-refractivity contribution in [2.75, 3.05) is 7.11 Å². The van der Waals surface area contributed by atoms with E-state index in [2.05, 4.69) is 10.5 Å². The summed E-state index contributed by atoms with van der Waals surface area (Å²) in [5, 5.41) is -0.996. The minimum absolute atomic E-state index is 0.176. The van der Waals surface area contributed by atoms with E-state index in [0.717, 1.165) is 31.2 Å². The molecule has 0 spiro atoms. The summed E-state index contributed by atoms with van der Waals surface area (Å²) in [6.45, 7) is 0.176. The molecule has 2 heterocycles. The second-order valence-electron chi connectivity index (χ2n) is 5.30. The van der Waals surface area contributed by atoms with Gasteiger partial charge in [-0.15, -0.1) is 10.5 Å². The molecule has 7 nitrogen and oxygen atoms in total. The van der Waals surface area contributed by atoms with Crippen molar-refractivity contribution >= 4 is 0 Å². The standard InChI is InChI=1S/C13H19F2N5O2/c1-21-13-18(10-11-5-4-8-16-9-11)17-19(20(13,14)15)22-12-6-2-3-7-12/h4-5,8-9,12,17H,2-3,6-7,10H2,1H3/q+1. The molecule has 1 aromatic heterocycles. The molecular weight excluding hydrogens is 296 g/mol. The van der Waals surface area contributed by atoms with Gasteiger partial charge in [-0.25, -0.2) is 4.84 Å². The number of halogens is 2. The highest BCUT2D eigenvalue weighted by atomic mass is 19.4. The lowest BCUT2D eigenvalue weighted by atomic mass is 10.3. The molecule has 3 rings (SSSR count). The Morgan fingerprint density at radius 1 is 1.41 bits per heavy atom. The zero-order chi connectivity index (χ0) is 15.6. The molecule has 22 heavy (non-hydrogen) atoms. The van der Waals surface area contributed by atoms with Crippen molar-refractivity contribution in [1.82, 2.24) is 20.8 Å². The van der Waals surface area contributed by atoms with Gasteiger partial charge in [0, 0.05) is 19.5 Å². The van der Waals surface area contributed by atoms with Crippen molar-refractivity contribution in [2.24, 2.45) is 0 Å². The monoisotopic (exact) mass is 315 g/mol. The second kappa shape index (κ2) is 6.49. The number of aromatic nitrogens is 1. The predicted molar refractivity (Wildman–Crippen MR) is 70.8 cm³/mol. The number of ether oxygens (including phenoxy) is 1. The topological polar surface area (TPSA) is 49.9 Å². The number of rotatable bonds is 5. The number of hydrazine groups is 2.